The van der Waals surface area contributed by atoms with Gasteiger partial charge in [-0.3, -0.25) is 14.4 Å². The molecule has 0 heterocycles. The van der Waals surface area contributed by atoms with Crippen LogP contribution < -0.4 is 0 Å². The molecule has 6 nitrogen and oxygen atoms in total. The van der Waals surface area contributed by atoms with Crippen LogP contribution in [0, 0.1) is 5.92 Å². The van der Waals surface area contributed by atoms with E-state index in [9.17, 15) is 14.4 Å². The molecule has 0 rings (SSSR count). The molecule has 0 aliphatic carbocycles. The van der Waals surface area contributed by atoms with Crippen LogP contribution in [-0.2, 0) is 28.6 Å². The Balaban J connectivity index is 4.29. The van der Waals surface area contributed by atoms with Gasteiger partial charge in [-0.15, -0.1) is 0 Å². The summed E-state index contributed by atoms with van der Waals surface area (Å²) in [4.78, 5) is 37.5. The summed E-state index contributed by atoms with van der Waals surface area (Å²) in [7, 11) is 0. The third-order valence-corrected chi connectivity index (χ3v) is 9.79. The molecule has 0 aromatic carbocycles. The molecule has 0 aliphatic rings. The Morgan fingerprint density at radius 1 is 0.380 bits per heavy atom. The van der Waals surface area contributed by atoms with Crippen molar-refractivity contribution in [1.29, 1.82) is 0 Å². The Bertz CT molecular complexity index is 751. The number of carbonyl (C=O) groups is 3. The lowest BCUT2D eigenvalue weighted by Crippen LogP contribution is -2.30. The highest BCUT2D eigenvalue weighted by Crippen LogP contribution is 2.16. The first-order valence-corrected chi connectivity index (χ1v) is 21.9. The number of hydrogen-bond acceptors (Lipinski definition) is 6. The van der Waals surface area contributed by atoms with E-state index in [0.717, 1.165) is 63.7 Å². The van der Waals surface area contributed by atoms with E-state index >= 15 is 0 Å². The molecule has 0 aromatic heterocycles. The Morgan fingerprint density at radius 3 is 0.980 bits per heavy atom. The van der Waals surface area contributed by atoms with Crippen molar-refractivity contribution in [1.82, 2.24) is 0 Å². The van der Waals surface area contributed by atoms with Crippen molar-refractivity contribution in [2.45, 2.75) is 246 Å². The standard InChI is InChI=1S/C44H84O6/c1-5-7-9-11-13-14-15-16-20-24-28-32-36-43(46)49-39-41(38-48-42(45)35-31-27-22-12-10-8-6-2)50-44(47)37-33-29-25-21-18-17-19-23-26-30-34-40(3)4/h40-41H,5-39H2,1-4H3/t41-/m1/s1. The van der Waals surface area contributed by atoms with Crippen LogP contribution in [0.1, 0.15) is 240 Å². The van der Waals surface area contributed by atoms with E-state index in [1.807, 2.05) is 0 Å². The summed E-state index contributed by atoms with van der Waals surface area (Å²) in [6.07, 6.45) is 36.6. The number of rotatable bonds is 39. The highest BCUT2D eigenvalue weighted by atomic mass is 16.6. The maximum atomic E-state index is 12.7. The lowest BCUT2D eigenvalue weighted by molar-refractivity contribution is -0.167. The first-order chi connectivity index (χ1) is 24.4. The molecular formula is C44H84O6. The second kappa shape index (κ2) is 38.6. The number of ether oxygens (including phenoxy) is 3. The monoisotopic (exact) mass is 709 g/mol. The molecule has 6 heteroatoms. The third-order valence-electron chi connectivity index (χ3n) is 9.79. The fourth-order valence-corrected chi connectivity index (χ4v) is 6.45. The highest BCUT2D eigenvalue weighted by molar-refractivity contribution is 5.71. The minimum Gasteiger partial charge on any atom is -0.462 e. The van der Waals surface area contributed by atoms with Gasteiger partial charge in [0.15, 0.2) is 6.10 Å². The van der Waals surface area contributed by atoms with Crippen molar-refractivity contribution in [3.8, 4) is 0 Å². The summed E-state index contributed by atoms with van der Waals surface area (Å²) in [6, 6.07) is 0. The van der Waals surface area contributed by atoms with E-state index in [1.54, 1.807) is 0 Å². The molecule has 0 aromatic rings. The number of unbranched alkanes of at least 4 members (excludes halogenated alkanes) is 26. The molecular weight excluding hydrogens is 624 g/mol. The highest BCUT2D eigenvalue weighted by Gasteiger charge is 2.19. The molecule has 0 bridgehead atoms. The summed E-state index contributed by atoms with van der Waals surface area (Å²) >= 11 is 0. The number of hydrogen-bond donors (Lipinski definition) is 0. The molecule has 0 aliphatic heterocycles. The van der Waals surface area contributed by atoms with Crippen LogP contribution >= 0.6 is 0 Å². The summed E-state index contributed by atoms with van der Waals surface area (Å²) in [5.74, 6) is -0.0471. The van der Waals surface area contributed by atoms with Crippen LogP contribution in [0.4, 0.5) is 0 Å². The summed E-state index contributed by atoms with van der Waals surface area (Å²) in [6.45, 7) is 8.93. The fraction of sp³-hybridized carbons (Fsp3) is 0.932. The SMILES string of the molecule is CCCCCCCCCCCCCCC(=O)OC[C@@H](COC(=O)CCCCCCCCC)OC(=O)CCCCCCCCCCCCC(C)C. The van der Waals surface area contributed by atoms with Crippen LogP contribution in [0.2, 0.25) is 0 Å². The van der Waals surface area contributed by atoms with Crippen LogP contribution in [0.25, 0.3) is 0 Å². The third kappa shape index (κ3) is 37.7. The van der Waals surface area contributed by atoms with Crippen molar-refractivity contribution in [3.63, 3.8) is 0 Å². The van der Waals surface area contributed by atoms with E-state index in [0.29, 0.717) is 19.3 Å². The zero-order chi connectivity index (χ0) is 36.8. The second-order valence-corrected chi connectivity index (χ2v) is 15.5. The van der Waals surface area contributed by atoms with Gasteiger partial charge in [-0.1, -0.05) is 201 Å². The van der Waals surface area contributed by atoms with Crippen molar-refractivity contribution >= 4 is 17.9 Å². The largest absolute Gasteiger partial charge is 0.462 e. The maximum absolute atomic E-state index is 12.7. The van der Waals surface area contributed by atoms with Crippen molar-refractivity contribution in [2.75, 3.05) is 13.2 Å². The molecule has 0 amide bonds. The number of carbonyl (C=O) groups excluding carboxylic acids is 3. The van der Waals surface area contributed by atoms with Crippen LogP contribution in [0.3, 0.4) is 0 Å². The lowest BCUT2D eigenvalue weighted by atomic mass is 10.0. The minimum absolute atomic E-state index is 0.0645. The van der Waals surface area contributed by atoms with Gasteiger partial charge in [-0.25, -0.2) is 0 Å². The van der Waals surface area contributed by atoms with E-state index in [2.05, 4.69) is 27.7 Å². The zero-order valence-corrected chi connectivity index (χ0v) is 33.9. The molecule has 0 N–H and O–H groups in total. The van der Waals surface area contributed by atoms with Crippen molar-refractivity contribution in [3.05, 3.63) is 0 Å². The Kier molecular flexibility index (Phi) is 37.4. The Morgan fingerprint density at radius 2 is 0.660 bits per heavy atom. The van der Waals surface area contributed by atoms with Crippen molar-refractivity contribution < 1.29 is 28.6 Å². The molecule has 0 radical (unpaired) electrons. The van der Waals surface area contributed by atoms with Gasteiger partial charge in [0.05, 0.1) is 0 Å². The minimum atomic E-state index is -0.757. The first-order valence-electron chi connectivity index (χ1n) is 21.9. The van der Waals surface area contributed by atoms with E-state index in [-0.39, 0.29) is 31.1 Å². The van der Waals surface area contributed by atoms with E-state index in [1.165, 1.54) is 135 Å². The molecule has 50 heavy (non-hydrogen) atoms. The molecule has 0 fully saturated rings. The predicted octanol–water partition coefficient (Wildman–Crippen LogP) is 13.6. The van der Waals surface area contributed by atoms with Crippen LogP contribution in [0.15, 0.2) is 0 Å². The topological polar surface area (TPSA) is 78.9 Å². The second-order valence-electron chi connectivity index (χ2n) is 15.5. The smallest absolute Gasteiger partial charge is 0.306 e. The molecule has 0 saturated heterocycles. The first kappa shape index (κ1) is 48.4. The van der Waals surface area contributed by atoms with Crippen molar-refractivity contribution in [2.24, 2.45) is 5.92 Å². The van der Waals surface area contributed by atoms with Gasteiger partial charge in [0.25, 0.3) is 0 Å². The molecule has 0 spiro atoms. The Labute approximate surface area is 310 Å². The lowest BCUT2D eigenvalue weighted by Gasteiger charge is -2.18. The van der Waals surface area contributed by atoms with E-state index < -0.39 is 6.10 Å². The quantitative estimate of drug-likeness (QED) is 0.0359. The summed E-state index contributed by atoms with van der Waals surface area (Å²) < 4.78 is 16.6. The normalized spacial score (nSPS) is 11.9. The average Bonchev–Trinajstić information content (AvgIpc) is 3.09. The average molecular weight is 709 g/mol. The molecule has 296 valence electrons. The van der Waals surface area contributed by atoms with Gasteiger partial charge in [0.2, 0.25) is 0 Å². The van der Waals surface area contributed by atoms with Gasteiger partial charge in [-0.2, -0.15) is 0 Å². The van der Waals surface area contributed by atoms with E-state index in [4.69, 9.17) is 14.2 Å². The van der Waals surface area contributed by atoms with Gasteiger partial charge < -0.3 is 14.2 Å². The maximum Gasteiger partial charge on any atom is 0.306 e. The Hall–Kier alpha value is -1.59. The van der Waals surface area contributed by atoms with Gasteiger partial charge in [0, 0.05) is 19.3 Å². The van der Waals surface area contributed by atoms with Gasteiger partial charge >= 0.3 is 17.9 Å². The summed E-state index contributed by atoms with van der Waals surface area (Å²) in [5, 5.41) is 0. The fourth-order valence-electron chi connectivity index (χ4n) is 6.45. The van der Waals surface area contributed by atoms with Crippen LogP contribution in [-0.4, -0.2) is 37.2 Å². The summed E-state index contributed by atoms with van der Waals surface area (Å²) in [5.41, 5.74) is 0. The zero-order valence-electron chi connectivity index (χ0n) is 33.9. The number of esters is 3. The molecule has 0 unspecified atom stereocenters. The van der Waals surface area contributed by atoms with Gasteiger partial charge in [0.1, 0.15) is 13.2 Å². The van der Waals surface area contributed by atoms with Crippen LogP contribution in [0.5, 0.6) is 0 Å². The van der Waals surface area contributed by atoms with Gasteiger partial charge in [-0.05, 0) is 25.2 Å². The predicted molar refractivity (Wildman–Crippen MR) is 210 cm³/mol. The molecule has 1 atom stereocenters. The molecule has 0 saturated carbocycles.